The van der Waals surface area contributed by atoms with Crippen molar-refractivity contribution in [2.75, 3.05) is 27.3 Å². The average Bonchev–Trinajstić information content (AvgIpc) is 2.39. The van der Waals surface area contributed by atoms with E-state index in [-0.39, 0.29) is 5.54 Å². The van der Waals surface area contributed by atoms with Gasteiger partial charge in [-0.05, 0) is 58.8 Å². The molecular formula is C18H32N2O. The van der Waals surface area contributed by atoms with Crippen LogP contribution in [-0.2, 0) is 17.7 Å². The molecule has 0 saturated heterocycles. The Kier molecular flexibility index (Phi) is 7.36. The van der Waals surface area contributed by atoms with Crippen molar-refractivity contribution in [3.63, 3.8) is 0 Å². The van der Waals surface area contributed by atoms with Crippen molar-refractivity contribution >= 4 is 0 Å². The third-order valence-corrected chi connectivity index (χ3v) is 3.68. The van der Waals surface area contributed by atoms with Crippen LogP contribution in [0.5, 0.6) is 0 Å². The van der Waals surface area contributed by atoms with Gasteiger partial charge in [0, 0.05) is 25.2 Å². The van der Waals surface area contributed by atoms with E-state index in [9.17, 15) is 0 Å². The minimum Gasteiger partial charge on any atom is -0.383 e. The summed E-state index contributed by atoms with van der Waals surface area (Å²) < 4.78 is 5.20. The maximum atomic E-state index is 5.20. The number of rotatable bonds is 8. The number of likely N-dealkylation sites (N-methyl/N-ethyl adjacent to an activating group) is 1. The first-order chi connectivity index (χ1) is 9.81. The Hall–Kier alpha value is -0.900. The normalized spacial score (nSPS) is 13.7. The third-order valence-electron chi connectivity index (χ3n) is 3.68. The number of benzene rings is 1. The number of nitrogens with zero attached hydrogens (tertiary/aromatic N) is 1. The van der Waals surface area contributed by atoms with Gasteiger partial charge in [0.1, 0.15) is 0 Å². The van der Waals surface area contributed by atoms with Crippen LogP contribution in [0.4, 0.5) is 0 Å². The van der Waals surface area contributed by atoms with Crippen molar-refractivity contribution in [3.8, 4) is 0 Å². The first kappa shape index (κ1) is 18.1. The predicted octanol–water partition coefficient (Wildman–Crippen LogP) is 3.08. The summed E-state index contributed by atoms with van der Waals surface area (Å²) in [5, 5.41) is 3.52. The van der Waals surface area contributed by atoms with Gasteiger partial charge < -0.3 is 10.1 Å². The van der Waals surface area contributed by atoms with Gasteiger partial charge in [0.15, 0.2) is 0 Å². The van der Waals surface area contributed by atoms with Crippen molar-refractivity contribution in [1.29, 1.82) is 0 Å². The van der Waals surface area contributed by atoms with Gasteiger partial charge in [-0.3, -0.25) is 4.90 Å². The second kappa shape index (κ2) is 8.52. The first-order valence-electron chi connectivity index (χ1n) is 7.84. The summed E-state index contributed by atoms with van der Waals surface area (Å²) in [6, 6.07) is 9.40. The lowest BCUT2D eigenvalue weighted by Gasteiger charge is -2.24. The second-order valence-electron chi connectivity index (χ2n) is 6.96. The molecule has 0 saturated carbocycles. The summed E-state index contributed by atoms with van der Waals surface area (Å²) in [7, 11) is 3.90. The zero-order valence-corrected chi connectivity index (χ0v) is 14.6. The standard InChI is InChI=1S/C18H32N2O/c1-15(14-21-6)20(5)13-17-9-7-16(8-10-17)11-12-19-18(2,3)4/h7-10,15,19H,11-14H2,1-6H3. The largest absolute Gasteiger partial charge is 0.383 e. The number of nitrogens with one attached hydrogen (secondary N) is 1. The van der Waals surface area contributed by atoms with Crippen molar-refractivity contribution < 1.29 is 4.74 Å². The Bertz CT molecular complexity index is 395. The summed E-state index contributed by atoms with van der Waals surface area (Å²) >= 11 is 0. The Balaban J connectivity index is 2.43. The molecule has 1 atom stereocenters. The van der Waals surface area contributed by atoms with E-state index in [2.05, 4.69) is 69.2 Å². The molecule has 0 aromatic heterocycles. The molecule has 3 nitrogen and oxygen atoms in total. The predicted molar refractivity (Wildman–Crippen MR) is 90.7 cm³/mol. The highest BCUT2D eigenvalue weighted by Crippen LogP contribution is 2.10. The fraction of sp³-hybridized carbons (Fsp3) is 0.667. The summed E-state index contributed by atoms with van der Waals surface area (Å²) in [6.45, 7) is 11.6. The van der Waals surface area contributed by atoms with Gasteiger partial charge in [-0.15, -0.1) is 0 Å². The SMILES string of the molecule is COCC(C)N(C)Cc1ccc(CCNC(C)(C)C)cc1. The summed E-state index contributed by atoms with van der Waals surface area (Å²) in [5.41, 5.74) is 2.94. The minimum absolute atomic E-state index is 0.195. The zero-order valence-electron chi connectivity index (χ0n) is 14.6. The van der Waals surface area contributed by atoms with Crippen LogP contribution in [0.2, 0.25) is 0 Å². The highest BCUT2D eigenvalue weighted by atomic mass is 16.5. The van der Waals surface area contributed by atoms with E-state index in [1.54, 1.807) is 7.11 Å². The molecule has 0 bridgehead atoms. The van der Waals surface area contributed by atoms with Crippen LogP contribution < -0.4 is 5.32 Å². The zero-order chi connectivity index (χ0) is 15.9. The van der Waals surface area contributed by atoms with Crippen LogP contribution >= 0.6 is 0 Å². The van der Waals surface area contributed by atoms with Crippen LogP contribution in [0.3, 0.4) is 0 Å². The number of methoxy groups -OCH3 is 1. The maximum Gasteiger partial charge on any atom is 0.0615 e. The first-order valence-corrected chi connectivity index (χ1v) is 7.84. The number of ether oxygens (including phenoxy) is 1. The van der Waals surface area contributed by atoms with Crippen LogP contribution in [-0.4, -0.2) is 43.8 Å². The quantitative estimate of drug-likeness (QED) is 0.797. The van der Waals surface area contributed by atoms with E-state index in [1.807, 2.05) is 0 Å². The van der Waals surface area contributed by atoms with E-state index in [0.29, 0.717) is 6.04 Å². The molecule has 0 aliphatic heterocycles. The highest BCUT2D eigenvalue weighted by Gasteiger charge is 2.10. The lowest BCUT2D eigenvalue weighted by Crippen LogP contribution is -2.37. The van der Waals surface area contributed by atoms with Gasteiger partial charge in [0.2, 0.25) is 0 Å². The van der Waals surface area contributed by atoms with E-state index >= 15 is 0 Å². The topological polar surface area (TPSA) is 24.5 Å². The lowest BCUT2D eigenvalue weighted by atomic mass is 10.1. The molecule has 1 aromatic rings. The van der Waals surface area contributed by atoms with Gasteiger partial charge in [-0.1, -0.05) is 24.3 Å². The van der Waals surface area contributed by atoms with Crippen LogP contribution in [0.1, 0.15) is 38.8 Å². The van der Waals surface area contributed by atoms with Crippen molar-refractivity contribution in [2.24, 2.45) is 0 Å². The van der Waals surface area contributed by atoms with E-state index < -0.39 is 0 Å². The monoisotopic (exact) mass is 292 g/mol. The molecule has 0 aliphatic carbocycles. The molecule has 0 heterocycles. The smallest absolute Gasteiger partial charge is 0.0615 e. The molecule has 0 spiro atoms. The fourth-order valence-corrected chi connectivity index (χ4v) is 2.21. The summed E-state index contributed by atoms with van der Waals surface area (Å²) in [4.78, 5) is 2.32. The number of hydrogen-bond donors (Lipinski definition) is 1. The number of hydrogen-bond acceptors (Lipinski definition) is 3. The Morgan fingerprint density at radius 1 is 1.14 bits per heavy atom. The van der Waals surface area contributed by atoms with Gasteiger partial charge in [-0.25, -0.2) is 0 Å². The Labute approximate surface area is 130 Å². The Morgan fingerprint density at radius 3 is 2.24 bits per heavy atom. The van der Waals surface area contributed by atoms with Gasteiger partial charge in [0.25, 0.3) is 0 Å². The highest BCUT2D eigenvalue weighted by molar-refractivity contribution is 5.22. The molecule has 0 amide bonds. The molecule has 21 heavy (non-hydrogen) atoms. The fourth-order valence-electron chi connectivity index (χ4n) is 2.21. The molecule has 0 fully saturated rings. The van der Waals surface area contributed by atoms with E-state index in [1.165, 1.54) is 11.1 Å². The molecule has 1 N–H and O–H groups in total. The summed E-state index contributed by atoms with van der Waals surface area (Å²) in [5.74, 6) is 0. The van der Waals surface area contributed by atoms with Gasteiger partial charge in [-0.2, -0.15) is 0 Å². The summed E-state index contributed by atoms with van der Waals surface area (Å²) in [6.07, 6.45) is 1.08. The molecule has 0 aliphatic rings. The molecular weight excluding hydrogens is 260 g/mol. The Morgan fingerprint density at radius 2 is 1.71 bits per heavy atom. The molecule has 1 unspecified atom stereocenters. The van der Waals surface area contributed by atoms with Gasteiger partial charge in [0.05, 0.1) is 6.61 Å². The van der Waals surface area contributed by atoms with Crippen LogP contribution in [0.25, 0.3) is 0 Å². The van der Waals surface area contributed by atoms with Crippen molar-refractivity contribution in [2.45, 2.75) is 52.2 Å². The van der Waals surface area contributed by atoms with E-state index in [0.717, 1.165) is 26.1 Å². The molecule has 1 aromatic carbocycles. The van der Waals surface area contributed by atoms with Crippen LogP contribution in [0.15, 0.2) is 24.3 Å². The molecule has 120 valence electrons. The second-order valence-corrected chi connectivity index (χ2v) is 6.96. The van der Waals surface area contributed by atoms with Crippen molar-refractivity contribution in [1.82, 2.24) is 10.2 Å². The maximum absolute atomic E-state index is 5.20. The lowest BCUT2D eigenvalue weighted by molar-refractivity contribution is 0.112. The third kappa shape index (κ3) is 7.60. The van der Waals surface area contributed by atoms with Crippen LogP contribution in [0, 0.1) is 0 Å². The molecule has 3 heteroatoms. The van der Waals surface area contributed by atoms with Gasteiger partial charge >= 0.3 is 0 Å². The average molecular weight is 292 g/mol. The van der Waals surface area contributed by atoms with E-state index in [4.69, 9.17) is 4.74 Å². The molecule has 1 rings (SSSR count). The minimum atomic E-state index is 0.195. The van der Waals surface area contributed by atoms with Crippen molar-refractivity contribution in [3.05, 3.63) is 35.4 Å². The molecule has 0 radical (unpaired) electrons.